The minimum absolute atomic E-state index is 0.0426. The van der Waals surface area contributed by atoms with E-state index in [9.17, 15) is 4.79 Å². The highest BCUT2D eigenvalue weighted by Crippen LogP contribution is 2.37. The zero-order chi connectivity index (χ0) is 18.7. The van der Waals surface area contributed by atoms with E-state index >= 15 is 0 Å². The van der Waals surface area contributed by atoms with E-state index in [1.165, 1.54) is 11.1 Å². The quantitative estimate of drug-likeness (QED) is 0.722. The number of benzene rings is 2. The second kappa shape index (κ2) is 8.07. The van der Waals surface area contributed by atoms with Crippen molar-refractivity contribution in [2.24, 2.45) is 0 Å². The molecule has 136 valence electrons. The van der Waals surface area contributed by atoms with Crippen molar-refractivity contribution in [2.45, 2.75) is 33.7 Å². The van der Waals surface area contributed by atoms with Gasteiger partial charge in [-0.3, -0.25) is 4.79 Å². The molecular weight excluding hydrogens is 346 g/mol. The SMILES string of the molecule is CCOCC1=C(Cl)c2ccccc2N(Cc2ccc(C)c(C)c2)C(=O)C1. The van der Waals surface area contributed by atoms with E-state index in [2.05, 4.69) is 32.0 Å². The van der Waals surface area contributed by atoms with Gasteiger partial charge in [-0.25, -0.2) is 0 Å². The van der Waals surface area contributed by atoms with E-state index in [1.807, 2.05) is 36.1 Å². The maximum Gasteiger partial charge on any atom is 0.231 e. The number of fused-ring (bicyclic) bond motifs is 1. The number of carbonyl (C=O) groups excluding carboxylic acids is 1. The lowest BCUT2D eigenvalue weighted by atomic mass is 10.1. The van der Waals surface area contributed by atoms with Crippen molar-refractivity contribution in [3.05, 3.63) is 70.3 Å². The standard InChI is InChI=1S/C22H24ClNO2/c1-4-26-14-18-12-21(25)24(13-17-10-9-15(2)16(3)11-17)20-8-6-5-7-19(20)22(18)23/h5-11H,4,12-14H2,1-3H3. The molecule has 0 N–H and O–H groups in total. The molecule has 0 unspecified atom stereocenters. The van der Waals surface area contributed by atoms with Gasteiger partial charge in [0.15, 0.2) is 0 Å². The molecule has 3 nitrogen and oxygen atoms in total. The molecule has 0 spiro atoms. The van der Waals surface area contributed by atoms with Gasteiger partial charge in [0, 0.05) is 12.2 Å². The lowest BCUT2D eigenvalue weighted by molar-refractivity contribution is -0.118. The molecule has 26 heavy (non-hydrogen) atoms. The first-order valence-corrected chi connectivity index (χ1v) is 9.30. The maximum absolute atomic E-state index is 13.0. The summed E-state index contributed by atoms with van der Waals surface area (Å²) in [5.74, 6) is 0.0426. The van der Waals surface area contributed by atoms with E-state index < -0.39 is 0 Å². The number of para-hydroxylation sites is 1. The van der Waals surface area contributed by atoms with Gasteiger partial charge in [0.2, 0.25) is 5.91 Å². The van der Waals surface area contributed by atoms with Crippen LogP contribution in [0.2, 0.25) is 0 Å². The van der Waals surface area contributed by atoms with E-state index in [1.54, 1.807) is 0 Å². The molecule has 1 heterocycles. The fourth-order valence-corrected chi connectivity index (χ4v) is 3.45. The molecule has 1 aliphatic rings. The van der Waals surface area contributed by atoms with Gasteiger partial charge in [-0.15, -0.1) is 0 Å². The smallest absolute Gasteiger partial charge is 0.231 e. The van der Waals surface area contributed by atoms with Gasteiger partial charge < -0.3 is 9.64 Å². The topological polar surface area (TPSA) is 29.5 Å². The molecule has 0 radical (unpaired) electrons. The summed E-state index contributed by atoms with van der Waals surface area (Å²) >= 11 is 6.65. The number of amides is 1. The van der Waals surface area contributed by atoms with Crippen LogP contribution in [0, 0.1) is 13.8 Å². The van der Waals surface area contributed by atoms with Crippen molar-refractivity contribution in [3.63, 3.8) is 0 Å². The number of ether oxygens (including phenoxy) is 1. The molecule has 0 saturated heterocycles. The summed E-state index contributed by atoms with van der Waals surface area (Å²) in [6.07, 6.45) is 0.276. The summed E-state index contributed by atoms with van der Waals surface area (Å²) in [6.45, 7) is 7.63. The predicted octanol–water partition coefficient (Wildman–Crippen LogP) is 5.23. The zero-order valence-corrected chi connectivity index (χ0v) is 16.3. The van der Waals surface area contributed by atoms with Crippen molar-refractivity contribution in [1.82, 2.24) is 0 Å². The number of halogens is 1. The van der Waals surface area contributed by atoms with Crippen molar-refractivity contribution in [3.8, 4) is 0 Å². The summed E-state index contributed by atoms with van der Waals surface area (Å²) in [7, 11) is 0. The Morgan fingerprint density at radius 3 is 2.62 bits per heavy atom. The summed E-state index contributed by atoms with van der Waals surface area (Å²) < 4.78 is 5.53. The summed E-state index contributed by atoms with van der Waals surface area (Å²) in [5.41, 5.74) is 6.17. The summed E-state index contributed by atoms with van der Waals surface area (Å²) in [4.78, 5) is 14.9. The first kappa shape index (κ1) is 18.7. The number of anilines is 1. The van der Waals surface area contributed by atoms with Crippen LogP contribution in [0.3, 0.4) is 0 Å². The Balaban J connectivity index is 1.99. The van der Waals surface area contributed by atoms with E-state index in [-0.39, 0.29) is 12.3 Å². The van der Waals surface area contributed by atoms with E-state index in [4.69, 9.17) is 16.3 Å². The Morgan fingerprint density at radius 1 is 1.12 bits per heavy atom. The summed E-state index contributed by atoms with van der Waals surface area (Å²) in [5, 5.41) is 0.630. The van der Waals surface area contributed by atoms with Gasteiger partial charge in [-0.05, 0) is 49.1 Å². The van der Waals surface area contributed by atoms with Crippen LogP contribution in [0.15, 0.2) is 48.0 Å². The van der Waals surface area contributed by atoms with Gasteiger partial charge in [-0.1, -0.05) is 48.0 Å². The van der Waals surface area contributed by atoms with Gasteiger partial charge in [0.25, 0.3) is 0 Å². The molecule has 0 aliphatic carbocycles. The normalized spacial score (nSPS) is 14.5. The van der Waals surface area contributed by atoms with E-state index in [0.717, 1.165) is 22.4 Å². The Hall–Kier alpha value is -2.10. The Kier molecular flexibility index (Phi) is 5.80. The fraction of sp³-hybridized carbons (Fsp3) is 0.318. The monoisotopic (exact) mass is 369 g/mol. The first-order chi connectivity index (χ1) is 12.5. The van der Waals surface area contributed by atoms with Crippen molar-refractivity contribution in [1.29, 1.82) is 0 Å². The van der Waals surface area contributed by atoms with Gasteiger partial charge in [0.1, 0.15) is 0 Å². The van der Waals surface area contributed by atoms with Crippen LogP contribution in [0.25, 0.3) is 5.03 Å². The highest BCUT2D eigenvalue weighted by Gasteiger charge is 2.27. The van der Waals surface area contributed by atoms with Crippen LogP contribution in [-0.2, 0) is 16.1 Å². The maximum atomic E-state index is 13.0. The molecular formula is C22H24ClNO2. The van der Waals surface area contributed by atoms with Crippen LogP contribution < -0.4 is 4.90 Å². The third-order valence-corrected chi connectivity index (χ3v) is 5.27. The highest BCUT2D eigenvalue weighted by molar-refractivity contribution is 6.50. The van der Waals surface area contributed by atoms with Gasteiger partial charge >= 0.3 is 0 Å². The Labute approximate surface area is 160 Å². The molecule has 4 heteroatoms. The van der Waals surface area contributed by atoms with Crippen LogP contribution in [0.4, 0.5) is 5.69 Å². The number of hydrogen-bond donors (Lipinski definition) is 0. The van der Waals surface area contributed by atoms with Crippen LogP contribution in [0.5, 0.6) is 0 Å². The van der Waals surface area contributed by atoms with Crippen LogP contribution >= 0.6 is 11.6 Å². The molecule has 0 bridgehead atoms. The fourth-order valence-electron chi connectivity index (χ4n) is 3.17. The molecule has 0 atom stereocenters. The first-order valence-electron chi connectivity index (χ1n) is 8.92. The zero-order valence-electron chi connectivity index (χ0n) is 15.5. The molecule has 2 aromatic carbocycles. The van der Waals surface area contributed by atoms with Crippen molar-refractivity contribution >= 4 is 28.2 Å². The van der Waals surface area contributed by atoms with Crippen LogP contribution in [0.1, 0.15) is 35.6 Å². The number of carbonyl (C=O) groups is 1. The largest absolute Gasteiger partial charge is 0.377 e. The minimum Gasteiger partial charge on any atom is -0.377 e. The lowest BCUT2D eigenvalue weighted by Gasteiger charge is -2.24. The van der Waals surface area contributed by atoms with E-state index in [0.29, 0.717) is 24.8 Å². The highest BCUT2D eigenvalue weighted by atomic mass is 35.5. The Bertz CT molecular complexity index is 857. The van der Waals surface area contributed by atoms with Gasteiger partial charge in [-0.2, -0.15) is 0 Å². The molecule has 3 rings (SSSR count). The van der Waals surface area contributed by atoms with Crippen molar-refractivity contribution < 1.29 is 9.53 Å². The Morgan fingerprint density at radius 2 is 1.88 bits per heavy atom. The number of nitrogens with zero attached hydrogens (tertiary/aromatic N) is 1. The third kappa shape index (κ3) is 3.84. The molecule has 1 aliphatic heterocycles. The molecule has 0 fully saturated rings. The van der Waals surface area contributed by atoms with Gasteiger partial charge in [0.05, 0.1) is 30.3 Å². The molecule has 2 aromatic rings. The lowest BCUT2D eigenvalue weighted by Crippen LogP contribution is -2.30. The number of rotatable bonds is 5. The average molecular weight is 370 g/mol. The number of aryl methyl sites for hydroxylation is 2. The van der Waals surface area contributed by atoms with Crippen LogP contribution in [-0.4, -0.2) is 19.1 Å². The third-order valence-electron chi connectivity index (χ3n) is 4.80. The second-order valence-electron chi connectivity index (χ2n) is 6.65. The molecule has 1 amide bonds. The minimum atomic E-state index is 0.0426. The average Bonchev–Trinajstić information content (AvgIpc) is 2.73. The number of hydrogen-bond acceptors (Lipinski definition) is 2. The molecule has 0 aromatic heterocycles. The second-order valence-corrected chi connectivity index (χ2v) is 7.03. The summed E-state index contributed by atoms with van der Waals surface area (Å²) in [6, 6.07) is 14.1. The molecule has 0 saturated carbocycles. The predicted molar refractivity (Wildman–Crippen MR) is 107 cm³/mol. The van der Waals surface area contributed by atoms with Crippen molar-refractivity contribution in [2.75, 3.05) is 18.1 Å².